The maximum atomic E-state index is 6.07. The largest absolute Gasteiger partial charge is 0.496 e. The first-order chi connectivity index (χ1) is 11.7. The van der Waals surface area contributed by atoms with Gasteiger partial charge in [-0.2, -0.15) is 0 Å². The van der Waals surface area contributed by atoms with Crippen LogP contribution >= 0.6 is 0 Å². The topological polar surface area (TPSA) is 79.5 Å². The first-order valence-corrected chi connectivity index (χ1v) is 8.37. The van der Waals surface area contributed by atoms with Gasteiger partial charge in [-0.3, -0.25) is 4.98 Å². The molecule has 1 aliphatic rings. The van der Waals surface area contributed by atoms with E-state index in [0.717, 1.165) is 11.0 Å². The highest BCUT2D eigenvalue weighted by Crippen LogP contribution is 2.37. The van der Waals surface area contributed by atoms with Crippen molar-refractivity contribution in [1.82, 2.24) is 9.97 Å². The summed E-state index contributed by atoms with van der Waals surface area (Å²) in [6.45, 7) is 10.00. The van der Waals surface area contributed by atoms with Gasteiger partial charge in [-0.1, -0.05) is 6.07 Å². The molecule has 0 radical (unpaired) electrons. The third-order valence-corrected chi connectivity index (χ3v) is 4.89. The van der Waals surface area contributed by atoms with Crippen LogP contribution in [0.15, 0.2) is 36.8 Å². The number of nitrogens with two attached hydrogens (primary N) is 1. The highest BCUT2D eigenvalue weighted by atomic mass is 16.7. The van der Waals surface area contributed by atoms with Crippen LogP contribution in [-0.2, 0) is 9.31 Å². The van der Waals surface area contributed by atoms with Crippen LogP contribution in [0.4, 0.5) is 5.82 Å². The van der Waals surface area contributed by atoms with Gasteiger partial charge in [0.05, 0.1) is 11.2 Å². The number of nitrogens with zero attached hydrogens (tertiary/aromatic N) is 2. The maximum Gasteiger partial charge on any atom is 0.496 e. The first kappa shape index (κ1) is 17.7. The van der Waals surface area contributed by atoms with Crippen molar-refractivity contribution < 1.29 is 14.0 Å². The van der Waals surface area contributed by atoms with E-state index in [0.29, 0.717) is 11.6 Å². The highest BCUT2D eigenvalue weighted by molar-refractivity contribution is 6.62. The second kappa shape index (κ2) is 6.31. The van der Waals surface area contributed by atoms with Crippen LogP contribution in [0.2, 0.25) is 0 Å². The molecule has 25 heavy (non-hydrogen) atoms. The van der Waals surface area contributed by atoms with E-state index in [1.165, 1.54) is 0 Å². The Morgan fingerprint density at radius 3 is 2.44 bits per heavy atom. The molecule has 132 valence electrons. The number of anilines is 1. The molecule has 1 unspecified atom stereocenters. The van der Waals surface area contributed by atoms with E-state index < -0.39 is 18.3 Å². The predicted octanol–water partition coefficient (Wildman–Crippen LogP) is 2.50. The van der Waals surface area contributed by atoms with Gasteiger partial charge in [-0.15, -0.1) is 0 Å². The quantitative estimate of drug-likeness (QED) is 0.861. The van der Waals surface area contributed by atoms with E-state index in [9.17, 15) is 0 Å². The summed E-state index contributed by atoms with van der Waals surface area (Å²) in [7, 11) is -0.505. The van der Waals surface area contributed by atoms with Gasteiger partial charge in [0.1, 0.15) is 6.10 Å². The van der Waals surface area contributed by atoms with Crippen LogP contribution < -0.4 is 15.9 Å². The number of hydrogen-bond donors (Lipinski definition) is 1. The van der Waals surface area contributed by atoms with Crippen molar-refractivity contribution in [3.8, 4) is 5.75 Å². The third kappa shape index (κ3) is 3.48. The molecule has 1 fully saturated rings. The van der Waals surface area contributed by atoms with Gasteiger partial charge in [-0.25, -0.2) is 4.98 Å². The molecule has 3 rings (SSSR count). The van der Waals surface area contributed by atoms with Crippen molar-refractivity contribution in [2.75, 3.05) is 5.73 Å². The Hall–Kier alpha value is -2.12. The zero-order valence-corrected chi connectivity index (χ0v) is 15.3. The molecule has 6 nitrogen and oxygen atoms in total. The van der Waals surface area contributed by atoms with E-state index >= 15 is 0 Å². The Morgan fingerprint density at radius 1 is 1.16 bits per heavy atom. The van der Waals surface area contributed by atoms with Crippen molar-refractivity contribution in [1.29, 1.82) is 0 Å². The fourth-order valence-corrected chi connectivity index (χ4v) is 2.55. The zero-order valence-electron chi connectivity index (χ0n) is 15.3. The van der Waals surface area contributed by atoms with Crippen LogP contribution in [0.3, 0.4) is 0 Å². The monoisotopic (exact) mass is 341 g/mol. The predicted molar refractivity (Wildman–Crippen MR) is 97.6 cm³/mol. The molecule has 0 amide bonds. The van der Waals surface area contributed by atoms with Crippen molar-refractivity contribution >= 4 is 18.4 Å². The van der Waals surface area contributed by atoms with Gasteiger partial charge in [0.25, 0.3) is 0 Å². The highest BCUT2D eigenvalue weighted by Gasteiger charge is 2.52. The average molecular weight is 341 g/mol. The lowest BCUT2D eigenvalue weighted by Gasteiger charge is -2.32. The summed E-state index contributed by atoms with van der Waals surface area (Å²) in [5, 5.41) is 0. The fraction of sp³-hybridized carbons (Fsp3) is 0.444. The van der Waals surface area contributed by atoms with Gasteiger partial charge in [0.15, 0.2) is 11.6 Å². The standard InChI is InChI=1S/C18H24BN3O3/c1-12(13-7-6-8-21-10-13)23-15-9-14(11-22-16(15)20)19-24-17(2,3)18(4,5)25-19/h6-12H,1-5H3,(H2,20,22). The van der Waals surface area contributed by atoms with Crippen LogP contribution in [0.5, 0.6) is 5.75 Å². The molecular weight excluding hydrogens is 317 g/mol. The minimum absolute atomic E-state index is 0.202. The van der Waals surface area contributed by atoms with Crippen LogP contribution in [-0.4, -0.2) is 28.3 Å². The molecule has 1 aliphatic heterocycles. The van der Waals surface area contributed by atoms with E-state index in [1.807, 2.05) is 52.8 Å². The molecule has 0 spiro atoms. The molecule has 2 N–H and O–H groups in total. The molecular formula is C18H24BN3O3. The Bertz CT molecular complexity index is 736. The van der Waals surface area contributed by atoms with E-state index in [4.69, 9.17) is 19.8 Å². The summed E-state index contributed by atoms with van der Waals surface area (Å²) in [5.74, 6) is 0.833. The molecule has 1 atom stereocenters. The minimum atomic E-state index is -0.505. The molecule has 0 aromatic carbocycles. The number of aromatic nitrogens is 2. The van der Waals surface area contributed by atoms with Crippen molar-refractivity contribution in [3.05, 3.63) is 42.4 Å². The van der Waals surface area contributed by atoms with E-state index in [2.05, 4.69) is 9.97 Å². The molecule has 1 saturated heterocycles. The van der Waals surface area contributed by atoms with Crippen molar-refractivity contribution in [3.63, 3.8) is 0 Å². The van der Waals surface area contributed by atoms with E-state index in [-0.39, 0.29) is 6.10 Å². The molecule has 2 aromatic heterocycles. The normalized spacial score (nSPS) is 19.6. The number of nitrogen functional groups attached to an aromatic ring is 1. The van der Waals surface area contributed by atoms with Crippen LogP contribution in [0.25, 0.3) is 0 Å². The number of pyridine rings is 2. The molecule has 0 aliphatic carbocycles. The molecule has 0 saturated carbocycles. The van der Waals surface area contributed by atoms with Gasteiger partial charge >= 0.3 is 7.12 Å². The molecule has 0 bridgehead atoms. The van der Waals surface area contributed by atoms with Crippen LogP contribution in [0, 0.1) is 0 Å². The Kier molecular flexibility index (Phi) is 4.47. The number of ether oxygens (including phenoxy) is 1. The lowest BCUT2D eigenvalue weighted by molar-refractivity contribution is 0.00578. The maximum absolute atomic E-state index is 6.07. The van der Waals surface area contributed by atoms with Crippen molar-refractivity contribution in [2.45, 2.75) is 51.9 Å². The second-order valence-electron chi connectivity index (χ2n) is 7.29. The second-order valence-corrected chi connectivity index (χ2v) is 7.29. The SMILES string of the molecule is CC(Oc1cc(B2OC(C)(C)C(C)(C)O2)cnc1N)c1cccnc1. The fourth-order valence-electron chi connectivity index (χ4n) is 2.55. The van der Waals surface area contributed by atoms with Gasteiger partial charge in [0, 0.05) is 29.6 Å². The Labute approximate surface area is 148 Å². The summed E-state index contributed by atoms with van der Waals surface area (Å²) in [6.07, 6.45) is 4.96. The average Bonchev–Trinajstić information content (AvgIpc) is 2.78. The lowest BCUT2D eigenvalue weighted by atomic mass is 9.80. The minimum Gasteiger partial charge on any atom is -0.482 e. The lowest BCUT2D eigenvalue weighted by Crippen LogP contribution is -2.41. The third-order valence-electron chi connectivity index (χ3n) is 4.89. The molecule has 3 heterocycles. The van der Waals surface area contributed by atoms with Gasteiger partial charge < -0.3 is 19.8 Å². The smallest absolute Gasteiger partial charge is 0.482 e. The Balaban J connectivity index is 1.82. The Morgan fingerprint density at radius 2 is 1.84 bits per heavy atom. The number of hydrogen-bond acceptors (Lipinski definition) is 6. The van der Waals surface area contributed by atoms with Gasteiger partial charge in [0.2, 0.25) is 0 Å². The van der Waals surface area contributed by atoms with Crippen LogP contribution in [0.1, 0.15) is 46.3 Å². The van der Waals surface area contributed by atoms with Gasteiger partial charge in [-0.05, 0) is 46.8 Å². The summed E-state index contributed by atoms with van der Waals surface area (Å²) < 4.78 is 18.1. The summed E-state index contributed by atoms with van der Waals surface area (Å²) in [6, 6.07) is 5.66. The first-order valence-electron chi connectivity index (χ1n) is 8.37. The zero-order chi connectivity index (χ0) is 18.2. The summed E-state index contributed by atoms with van der Waals surface area (Å²) in [5.41, 5.74) is 6.90. The summed E-state index contributed by atoms with van der Waals surface area (Å²) in [4.78, 5) is 8.36. The molecule has 7 heteroatoms. The van der Waals surface area contributed by atoms with E-state index in [1.54, 1.807) is 18.6 Å². The summed E-state index contributed by atoms with van der Waals surface area (Å²) >= 11 is 0. The van der Waals surface area contributed by atoms with Crippen molar-refractivity contribution in [2.24, 2.45) is 0 Å². The number of rotatable bonds is 4. The molecule has 2 aromatic rings.